The topological polar surface area (TPSA) is 65.9 Å². The zero-order chi connectivity index (χ0) is 20.9. The van der Waals surface area contributed by atoms with Gasteiger partial charge in [-0.05, 0) is 41.5 Å². The number of aromatic nitrogens is 1. The second-order valence-electron chi connectivity index (χ2n) is 6.69. The highest BCUT2D eigenvalue weighted by atomic mass is 35.5. The summed E-state index contributed by atoms with van der Waals surface area (Å²) in [6, 6.07) is 28.2. The molecule has 0 aliphatic carbocycles. The summed E-state index contributed by atoms with van der Waals surface area (Å²) in [7, 11) is 0. The van der Waals surface area contributed by atoms with Gasteiger partial charge in [0.1, 0.15) is 24.0 Å². The summed E-state index contributed by atoms with van der Waals surface area (Å²) in [5.41, 5.74) is 3.26. The van der Waals surface area contributed by atoms with E-state index in [0.29, 0.717) is 28.6 Å². The molecule has 0 bridgehead atoms. The predicted octanol–water partition coefficient (Wildman–Crippen LogP) is 5.81. The smallest absolute Gasteiger partial charge is 0.266 e. The third kappa shape index (κ3) is 4.12. The molecule has 0 saturated heterocycles. The first-order chi connectivity index (χ1) is 14.7. The maximum Gasteiger partial charge on any atom is 0.266 e. The Bertz CT molecular complexity index is 1270. The van der Waals surface area contributed by atoms with E-state index in [4.69, 9.17) is 16.3 Å². The van der Waals surface area contributed by atoms with Crippen molar-refractivity contribution in [1.82, 2.24) is 4.98 Å². The molecule has 4 rings (SSSR count). The van der Waals surface area contributed by atoms with Crippen LogP contribution in [0, 0.1) is 11.3 Å². The van der Waals surface area contributed by atoms with Crippen molar-refractivity contribution >= 4 is 11.6 Å². The molecule has 4 aromatic rings. The minimum absolute atomic E-state index is 0.0590. The first-order valence-corrected chi connectivity index (χ1v) is 9.73. The van der Waals surface area contributed by atoms with Gasteiger partial charge in [0, 0.05) is 16.1 Å². The van der Waals surface area contributed by atoms with E-state index in [0.717, 1.165) is 16.7 Å². The van der Waals surface area contributed by atoms with Crippen LogP contribution in [-0.2, 0) is 6.61 Å². The Kier molecular flexibility index (Phi) is 5.65. The number of halogens is 1. The lowest BCUT2D eigenvalue weighted by Gasteiger charge is -2.13. The lowest BCUT2D eigenvalue weighted by molar-refractivity contribution is 0.307. The summed E-state index contributed by atoms with van der Waals surface area (Å²) >= 11 is 5.99. The van der Waals surface area contributed by atoms with E-state index < -0.39 is 5.56 Å². The number of rotatable bonds is 5. The number of hydrogen-bond donors (Lipinski definition) is 1. The average molecular weight is 413 g/mol. The molecule has 0 unspecified atom stereocenters. The summed E-state index contributed by atoms with van der Waals surface area (Å²) in [5, 5.41) is 10.1. The molecule has 30 heavy (non-hydrogen) atoms. The number of aromatic amines is 1. The molecule has 0 radical (unpaired) electrons. The number of nitrogens with one attached hydrogen (secondary N) is 1. The zero-order valence-corrected chi connectivity index (χ0v) is 16.7. The Morgan fingerprint density at radius 2 is 1.60 bits per heavy atom. The molecule has 0 spiro atoms. The molecule has 1 N–H and O–H groups in total. The van der Waals surface area contributed by atoms with Gasteiger partial charge >= 0.3 is 0 Å². The van der Waals surface area contributed by atoms with Crippen LogP contribution in [0.3, 0.4) is 0 Å². The van der Waals surface area contributed by atoms with Gasteiger partial charge in [-0.3, -0.25) is 4.79 Å². The third-order valence-corrected chi connectivity index (χ3v) is 4.97. The minimum atomic E-state index is -0.446. The standard InChI is InChI=1S/C25H17ClN2O2/c26-19-12-10-18(11-13-19)21-14-23(28-25(29)22(21)15-27)20-8-4-5-9-24(20)30-16-17-6-2-1-3-7-17/h1-14H,16H2,(H,28,29). The quantitative estimate of drug-likeness (QED) is 0.449. The molecule has 5 heteroatoms. The molecule has 0 aliphatic heterocycles. The first kappa shape index (κ1) is 19.5. The molecular formula is C25H17ClN2O2. The average Bonchev–Trinajstić information content (AvgIpc) is 2.78. The molecule has 146 valence electrons. The normalized spacial score (nSPS) is 10.4. The van der Waals surface area contributed by atoms with Crippen LogP contribution in [0.4, 0.5) is 0 Å². The zero-order valence-electron chi connectivity index (χ0n) is 15.9. The Morgan fingerprint density at radius 1 is 0.900 bits per heavy atom. The number of ether oxygens (including phenoxy) is 1. The van der Waals surface area contributed by atoms with Crippen molar-refractivity contribution in [2.45, 2.75) is 6.61 Å². The van der Waals surface area contributed by atoms with Crippen LogP contribution in [0.2, 0.25) is 5.02 Å². The molecule has 1 aromatic heterocycles. The highest BCUT2D eigenvalue weighted by molar-refractivity contribution is 6.30. The number of nitrogens with zero attached hydrogens (tertiary/aromatic N) is 1. The van der Waals surface area contributed by atoms with E-state index in [9.17, 15) is 10.1 Å². The maximum atomic E-state index is 12.7. The largest absolute Gasteiger partial charge is 0.488 e. The van der Waals surface area contributed by atoms with Crippen LogP contribution in [0.25, 0.3) is 22.4 Å². The van der Waals surface area contributed by atoms with Crippen molar-refractivity contribution in [2.75, 3.05) is 0 Å². The molecule has 0 amide bonds. The van der Waals surface area contributed by atoms with Gasteiger partial charge in [-0.15, -0.1) is 0 Å². The Labute approximate surface area is 179 Å². The van der Waals surface area contributed by atoms with Crippen molar-refractivity contribution in [2.24, 2.45) is 0 Å². The fourth-order valence-corrected chi connectivity index (χ4v) is 3.35. The summed E-state index contributed by atoms with van der Waals surface area (Å²) in [4.78, 5) is 15.5. The monoisotopic (exact) mass is 412 g/mol. The molecule has 1 heterocycles. The lowest BCUT2D eigenvalue weighted by Crippen LogP contribution is -2.13. The second-order valence-corrected chi connectivity index (χ2v) is 7.13. The Balaban J connectivity index is 1.77. The maximum absolute atomic E-state index is 12.7. The van der Waals surface area contributed by atoms with Gasteiger partial charge in [-0.25, -0.2) is 0 Å². The molecule has 0 fully saturated rings. The van der Waals surface area contributed by atoms with Gasteiger partial charge in [-0.2, -0.15) is 5.26 Å². The van der Waals surface area contributed by atoms with Gasteiger partial charge in [0.25, 0.3) is 5.56 Å². The van der Waals surface area contributed by atoms with E-state index in [2.05, 4.69) is 4.98 Å². The molecule has 0 aliphatic rings. The van der Waals surface area contributed by atoms with Gasteiger partial charge in [-0.1, -0.05) is 66.2 Å². The third-order valence-electron chi connectivity index (χ3n) is 4.71. The van der Waals surface area contributed by atoms with Gasteiger partial charge in [0.15, 0.2) is 0 Å². The number of para-hydroxylation sites is 1. The molecule has 3 aromatic carbocycles. The predicted molar refractivity (Wildman–Crippen MR) is 118 cm³/mol. The van der Waals surface area contributed by atoms with Crippen LogP contribution in [0.15, 0.2) is 89.7 Å². The summed E-state index contributed by atoms with van der Waals surface area (Å²) in [5.74, 6) is 0.642. The van der Waals surface area contributed by atoms with Crippen molar-refractivity contribution in [1.29, 1.82) is 5.26 Å². The van der Waals surface area contributed by atoms with Crippen LogP contribution >= 0.6 is 11.6 Å². The minimum Gasteiger partial charge on any atom is -0.488 e. The van der Waals surface area contributed by atoms with Gasteiger partial charge in [0.2, 0.25) is 0 Å². The summed E-state index contributed by atoms with van der Waals surface area (Å²) in [6.07, 6.45) is 0. The summed E-state index contributed by atoms with van der Waals surface area (Å²) in [6.45, 7) is 0.405. The van der Waals surface area contributed by atoms with Crippen LogP contribution in [0.5, 0.6) is 5.75 Å². The number of hydrogen-bond acceptors (Lipinski definition) is 3. The number of nitriles is 1. The van der Waals surface area contributed by atoms with Crippen molar-refractivity contribution in [3.05, 3.63) is 111 Å². The van der Waals surface area contributed by atoms with Crippen LogP contribution in [-0.4, -0.2) is 4.98 Å². The van der Waals surface area contributed by atoms with Crippen molar-refractivity contribution < 1.29 is 4.74 Å². The fraction of sp³-hybridized carbons (Fsp3) is 0.0400. The lowest BCUT2D eigenvalue weighted by atomic mass is 9.99. The van der Waals surface area contributed by atoms with Crippen molar-refractivity contribution in [3.63, 3.8) is 0 Å². The van der Waals surface area contributed by atoms with Gasteiger partial charge < -0.3 is 9.72 Å². The van der Waals surface area contributed by atoms with E-state index in [-0.39, 0.29) is 5.56 Å². The van der Waals surface area contributed by atoms with E-state index in [1.165, 1.54) is 0 Å². The van der Waals surface area contributed by atoms with Crippen molar-refractivity contribution in [3.8, 4) is 34.2 Å². The van der Waals surface area contributed by atoms with E-state index in [1.54, 1.807) is 30.3 Å². The SMILES string of the molecule is N#Cc1c(-c2ccc(Cl)cc2)cc(-c2ccccc2OCc2ccccc2)[nH]c1=O. The molecular weight excluding hydrogens is 396 g/mol. The first-order valence-electron chi connectivity index (χ1n) is 9.35. The molecule has 0 atom stereocenters. The van der Waals surface area contributed by atoms with E-state index in [1.807, 2.05) is 60.7 Å². The highest BCUT2D eigenvalue weighted by Crippen LogP contribution is 2.32. The fourth-order valence-electron chi connectivity index (χ4n) is 3.22. The number of H-pyrrole nitrogens is 1. The number of benzene rings is 3. The van der Waals surface area contributed by atoms with Crippen LogP contribution in [0.1, 0.15) is 11.1 Å². The van der Waals surface area contributed by atoms with Crippen LogP contribution < -0.4 is 10.3 Å². The van der Waals surface area contributed by atoms with Gasteiger partial charge in [0.05, 0.1) is 5.69 Å². The summed E-state index contributed by atoms with van der Waals surface area (Å²) < 4.78 is 6.03. The highest BCUT2D eigenvalue weighted by Gasteiger charge is 2.15. The molecule has 0 saturated carbocycles. The number of pyridine rings is 1. The molecule has 4 nitrogen and oxygen atoms in total. The second kappa shape index (κ2) is 8.69. The Hall–Kier alpha value is -3.81. The Morgan fingerprint density at radius 3 is 2.33 bits per heavy atom. The van der Waals surface area contributed by atoms with E-state index >= 15 is 0 Å².